The highest BCUT2D eigenvalue weighted by Crippen LogP contribution is 2.22. The Morgan fingerprint density at radius 2 is 1.89 bits per heavy atom. The maximum Gasteiger partial charge on any atom is 0.307 e. The zero-order valence-electron chi connectivity index (χ0n) is 10.9. The Kier molecular flexibility index (Phi) is 3.80. The van der Waals surface area contributed by atoms with Crippen molar-refractivity contribution in [1.82, 2.24) is 4.98 Å². The number of hydrogen-bond donors (Lipinski definition) is 1. The summed E-state index contributed by atoms with van der Waals surface area (Å²) in [6.07, 6.45) is 0.00171. The quantitative estimate of drug-likeness (QED) is 0.914. The van der Waals surface area contributed by atoms with Gasteiger partial charge in [-0.05, 0) is 42.8 Å². The van der Waals surface area contributed by atoms with Crippen molar-refractivity contribution in [2.45, 2.75) is 13.3 Å². The number of ether oxygens (including phenoxy) is 1. The third-order valence-corrected chi connectivity index (χ3v) is 2.92. The van der Waals surface area contributed by atoms with Crippen LogP contribution in [0.25, 0.3) is 11.3 Å². The van der Waals surface area contributed by atoms with E-state index in [0.717, 1.165) is 28.3 Å². The summed E-state index contributed by atoms with van der Waals surface area (Å²) in [6, 6.07) is 11.3. The van der Waals surface area contributed by atoms with Gasteiger partial charge in [-0.15, -0.1) is 0 Å². The lowest BCUT2D eigenvalue weighted by Gasteiger charge is -2.07. The van der Waals surface area contributed by atoms with Gasteiger partial charge in [0, 0.05) is 11.3 Å². The van der Waals surface area contributed by atoms with Gasteiger partial charge in [-0.25, -0.2) is 0 Å². The molecule has 0 saturated heterocycles. The number of hydrogen-bond acceptors (Lipinski definition) is 3. The number of benzene rings is 1. The topological polar surface area (TPSA) is 59.4 Å². The molecule has 0 atom stereocenters. The highest BCUT2D eigenvalue weighted by atomic mass is 16.5. The Labute approximate surface area is 111 Å². The highest BCUT2D eigenvalue weighted by Gasteiger charge is 2.07. The second-order valence-corrected chi connectivity index (χ2v) is 4.24. The molecule has 0 aliphatic carbocycles. The summed E-state index contributed by atoms with van der Waals surface area (Å²) in [5, 5.41) is 8.79. The number of aliphatic carboxylic acids is 1. The average Bonchev–Trinajstić information content (AvgIpc) is 2.41. The van der Waals surface area contributed by atoms with Gasteiger partial charge in [0.25, 0.3) is 0 Å². The summed E-state index contributed by atoms with van der Waals surface area (Å²) < 4.78 is 5.11. The van der Waals surface area contributed by atoms with Crippen molar-refractivity contribution in [3.8, 4) is 17.0 Å². The van der Waals surface area contributed by atoms with Crippen molar-refractivity contribution in [1.29, 1.82) is 0 Å². The summed E-state index contributed by atoms with van der Waals surface area (Å²) in [5.41, 5.74) is 3.29. The van der Waals surface area contributed by atoms with Gasteiger partial charge in [0.2, 0.25) is 0 Å². The van der Waals surface area contributed by atoms with E-state index in [1.54, 1.807) is 7.11 Å². The Morgan fingerprint density at radius 3 is 2.42 bits per heavy atom. The second kappa shape index (κ2) is 5.52. The Balaban J connectivity index is 2.30. The second-order valence-electron chi connectivity index (χ2n) is 4.24. The molecule has 4 heteroatoms. The summed E-state index contributed by atoms with van der Waals surface area (Å²) in [6.45, 7) is 1.82. The number of carboxylic acids is 1. The van der Waals surface area contributed by atoms with Crippen LogP contribution in [0.5, 0.6) is 5.75 Å². The van der Waals surface area contributed by atoms with Gasteiger partial charge in [0.1, 0.15) is 5.75 Å². The lowest BCUT2D eigenvalue weighted by atomic mass is 10.1. The third kappa shape index (κ3) is 3.10. The van der Waals surface area contributed by atoms with Gasteiger partial charge in [0.15, 0.2) is 0 Å². The fraction of sp³-hybridized carbons (Fsp3) is 0.200. The zero-order valence-corrected chi connectivity index (χ0v) is 10.9. The van der Waals surface area contributed by atoms with Crippen LogP contribution in [-0.2, 0) is 11.2 Å². The number of nitrogens with zero attached hydrogens (tertiary/aromatic N) is 1. The SMILES string of the molecule is COc1ccc(-c2ccc(CC(=O)O)c(C)n2)cc1. The number of pyridine rings is 1. The third-order valence-electron chi connectivity index (χ3n) is 2.92. The first-order valence-corrected chi connectivity index (χ1v) is 5.93. The monoisotopic (exact) mass is 257 g/mol. The van der Waals surface area contributed by atoms with E-state index in [4.69, 9.17) is 9.84 Å². The van der Waals surface area contributed by atoms with Crippen LogP contribution in [0.2, 0.25) is 0 Å². The Morgan fingerprint density at radius 1 is 1.21 bits per heavy atom. The van der Waals surface area contributed by atoms with Crippen molar-refractivity contribution in [3.05, 3.63) is 47.7 Å². The van der Waals surface area contributed by atoms with E-state index in [1.165, 1.54) is 0 Å². The number of methoxy groups -OCH3 is 1. The first-order chi connectivity index (χ1) is 9.10. The van der Waals surface area contributed by atoms with Crippen molar-refractivity contribution in [2.75, 3.05) is 7.11 Å². The summed E-state index contributed by atoms with van der Waals surface area (Å²) >= 11 is 0. The molecule has 98 valence electrons. The smallest absolute Gasteiger partial charge is 0.307 e. The molecule has 0 aliphatic rings. The van der Waals surface area contributed by atoms with Crippen molar-refractivity contribution >= 4 is 5.97 Å². The van der Waals surface area contributed by atoms with Gasteiger partial charge in [-0.1, -0.05) is 6.07 Å². The van der Waals surface area contributed by atoms with Crippen LogP contribution in [0.15, 0.2) is 36.4 Å². The molecule has 1 aromatic heterocycles. The lowest BCUT2D eigenvalue weighted by Crippen LogP contribution is -2.03. The number of aromatic nitrogens is 1. The van der Waals surface area contributed by atoms with E-state index in [-0.39, 0.29) is 6.42 Å². The molecular weight excluding hydrogens is 242 g/mol. The van der Waals surface area contributed by atoms with Gasteiger partial charge in [0.05, 0.1) is 19.2 Å². The molecule has 0 fully saturated rings. The summed E-state index contributed by atoms with van der Waals surface area (Å²) in [7, 11) is 1.62. The highest BCUT2D eigenvalue weighted by molar-refractivity contribution is 5.71. The lowest BCUT2D eigenvalue weighted by molar-refractivity contribution is -0.136. The number of rotatable bonds is 4. The van der Waals surface area contributed by atoms with Crippen LogP contribution < -0.4 is 4.74 Å². The van der Waals surface area contributed by atoms with Crippen LogP contribution in [0.3, 0.4) is 0 Å². The molecule has 2 aromatic rings. The minimum Gasteiger partial charge on any atom is -0.497 e. The predicted octanol–water partition coefficient (Wildman–Crippen LogP) is 2.69. The van der Waals surface area contributed by atoms with Crippen LogP contribution in [0.4, 0.5) is 0 Å². The number of carboxylic acid groups (broad SMARTS) is 1. The fourth-order valence-corrected chi connectivity index (χ4v) is 1.86. The predicted molar refractivity (Wildman–Crippen MR) is 72.3 cm³/mol. The van der Waals surface area contributed by atoms with E-state index in [1.807, 2.05) is 43.3 Å². The summed E-state index contributed by atoms with van der Waals surface area (Å²) in [5.74, 6) is -0.0509. The van der Waals surface area contributed by atoms with Crippen LogP contribution in [-0.4, -0.2) is 23.2 Å². The van der Waals surface area contributed by atoms with Gasteiger partial charge < -0.3 is 9.84 Å². The molecule has 1 N–H and O–H groups in total. The fourth-order valence-electron chi connectivity index (χ4n) is 1.86. The Bertz CT molecular complexity index is 591. The van der Waals surface area contributed by atoms with Gasteiger partial charge in [-0.2, -0.15) is 0 Å². The molecule has 1 heterocycles. The van der Waals surface area contributed by atoms with Crippen molar-refractivity contribution < 1.29 is 14.6 Å². The molecule has 2 rings (SSSR count). The maximum absolute atomic E-state index is 10.7. The molecule has 1 aromatic carbocycles. The van der Waals surface area contributed by atoms with E-state index in [0.29, 0.717) is 0 Å². The van der Waals surface area contributed by atoms with E-state index in [2.05, 4.69) is 4.98 Å². The van der Waals surface area contributed by atoms with Crippen molar-refractivity contribution in [3.63, 3.8) is 0 Å². The van der Waals surface area contributed by atoms with Crippen LogP contribution >= 0.6 is 0 Å². The Hall–Kier alpha value is -2.36. The largest absolute Gasteiger partial charge is 0.497 e. The van der Waals surface area contributed by atoms with E-state index >= 15 is 0 Å². The van der Waals surface area contributed by atoms with Crippen LogP contribution in [0, 0.1) is 6.92 Å². The molecule has 0 saturated carbocycles. The van der Waals surface area contributed by atoms with Crippen LogP contribution in [0.1, 0.15) is 11.3 Å². The standard InChI is InChI=1S/C15H15NO3/c1-10-12(9-15(17)18)5-8-14(16-10)11-3-6-13(19-2)7-4-11/h3-8H,9H2,1-2H3,(H,17,18). The number of aryl methyl sites for hydroxylation is 1. The first kappa shape index (κ1) is 13.1. The molecule has 0 spiro atoms. The van der Waals surface area contributed by atoms with Gasteiger partial charge >= 0.3 is 5.97 Å². The minimum atomic E-state index is -0.845. The average molecular weight is 257 g/mol. The maximum atomic E-state index is 10.7. The zero-order chi connectivity index (χ0) is 13.8. The summed E-state index contributed by atoms with van der Waals surface area (Å²) in [4.78, 5) is 15.2. The van der Waals surface area contributed by atoms with Gasteiger partial charge in [-0.3, -0.25) is 9.78 Å². The molecule has 0 bridgehead atoms. The molecular formula is C15H15NO3. The molecule has 0 amide bonds. The number of carbonyl (C=O) groups is 1. The molecule has 4 nitrogen and oxygen atoms in total. The normalized spacial score (nSPS) is 10.2. The van der Waals surface area contributed by atoms with E-state index in [9.17, 15) is 4.79 Å². The molecule has 0 aliphatic heterocycles. The first-order valence-electron chi connectivity index (χ1n) is 5.93. The van der Waals surface area contributed by atoms with E-state index < -0.39 is 5.97 Å². The van der Waals surface area contributed by atoms with Crippen molar-refractivity contribution in [2.24, 2.45) is 0 Å². The molecule has 0 radical (unpaired) electrons. The molecule has 19 heavy (non-hydrogen) atoms. The minimum absolute atomic E-state index is 0.00171. The molecule has 0 unspecified atom stereocenters.